The zero-order valence-electron chi connectivity index (χ0n) is 11.5. The molecule has 1 aromatic rings. The standard InChI is InChI=1S/C14H21ClN2O/c1-5-17(6-2)14(18)11(4)16-13-8-7-12(15)9-10(13)3/h7-9,11,16H,5-6H2,1-4H3. The summed E-state index contributed by atoms with van der Waals surface area (Å²) in [4.78, 5) is 13.9. The number of nitrogens with zero attached hydrogens (tertiary/aromatic N) is 1. The molecule has 0 aromatic heterocycles. The summed E-state index contributed by atoms with van der Waals surface area (Å²) in [7, 11) is 0. The number of carbonyl (C=O) groups is 1. The summed E-state index contributed by atoms with van der Waals surface area (Å²) in [6.07, 6.45) is 0. The third kappa shape index (κ3) is 3.64. The molecule has 4 heteroatoms. The van der Waals surface area contributed by atoms with Crippen LogP contribution in [0, 0.1) is 6.92 Å². The fourth-order valence-corrected chi connectivity index (χ4v) is 2.12. The molecule has 100 valence electrons. The van der Waals surface area contributed by atoms with E-state index in [1.165, 1.54) is 0 Å². The van der Waals surface area contributed by atoms with E-state index in [9.17, 15) is 4.79 Å². The Balaban J connectivity index is 2.75. The number of likely N-dealkylation sites (N-methyl/N-ethyl adjacent to an activating group) is 1. The third-order valence-electron chi connectivity index (χ3n) is 3.01. The Morgan fingerprint density at radius 3 is 2.50 bits per heavy atom. The van der Waals surface area contributed by atoms with Crippen LogP contribution in [-0.2, 0) is 4.79 Å². The first-order chi connectivity index (χ1) is 8.49. The first-order valence-electron chi connectivity index (χ1n) is 6.31. The van der Waals surface area contributed by atoms with E-state index in [1.807, 2.05) is 50.8 Å². The molecule has 0 aliphatic rings. The number of carbonyl (C=O) groups excluding carboxylic acids is 1. The lowest BCUT2D eigenvalue weighted by atomic mass is 10.1. The summed E-state index contributed by atoms with van der Waals surface area (Å²) >= 11 is 5.91. The van der Waals surface area contributed by atoms with Crippen molar-refractivity contribution in [1.82, 2.24) is 4.90 Å². The van der Waals surface area contributed by atoms with Gasteiger partial charge in [-0.25, -0.2) is 0 Å². The molecule has 0 spiro atoms. The second-order valence-corrected chi connectivity index (χ2v) is 4.77. The van der Waals surface area contributed by atoms with Gasteiger partial charge < -0.3 is 10.2 Å². The lowest BCUT2D eigenvalue weighted by Gasteiger charge is -2.24. The molecule has 0 saturated carbocycles. The number of aryl methyl sites for hydroxylation is 1. The molecule has 0 bridgehead atoms. The molecule has 1 amide bonds. The number of hydrogen-bond acceptors (Lipinski definition) is 2. The molecule has 1 rings (SSSR count). The second-order valence-electron chi connectivity index (χ2n) is 4.34. The van der Waals surface area contributed by atoms with Crippen LogP contribution >= 0.6 is 11.6 Å². The normalized spacial score (nSPS) is 12.1. The van der Waals surface area contributed by atoms with Crippen molar-refractivity contribution >= 4 is 23.2 Å². The Hall–Kier alpha value is -1.22. The Morgan fingerprint density at radius 2 is 2.00 bits per heavy atom. The van der Waals surface area contributed by atoms with Crippen molar-refractivity contribution in [3.05, 3.63) is 28.8 Å². The first-order valence-corrected chi connectivity index (χ1v) is 6.68. The van der Waals surface area contributed by atoms with Crippen molar-refractivity contribution in [2.75, 3.05) is 18.4 Å². The van der Waals surface area contributed by atoms with E-state index in [2.05, 4.69) is 5.32 Å². The molecular weight excluding hydrogens is 248 g/mol. The molecular formula is C14H21ClN2O. The average Bonchev–Trinajstić information content (AvgIpc) is 2.34. The highest BCUT2D eigenvalue weighted by Gasteiger charge is 2.18. The van der Waals surface area contributed by atoms with E-state index >= 15 is 0 Å². The highest BCUT2D eigenvalue weighted by Crippen LogP contribution is 2.20. The van der Waals surface area contributed by atoms with Gasteiger partial charge in [-0.05, 0) is 51.5 Å². The fraction of sp³-hybridized carbons (Fsp3) is 0.500. The molecule has 1 aromatic carbocycles. The first kappa shape index (κ1) is 14.8. The molecule has 1 atom stereocenters. The summed E-state index contributed by atoms with van der Waals surface area (Å²) in [5.74, 6) is 0.120. The van der Waals surface area contributed by atoms with E-state index in [-0.39, 0.29) is 11.9 Å². The van der Waals surface area contributed by atoms with Crippen molar-refractivity contribution in [3.63, 3.8) is 0 Å². The van der Waals surface area contributed by atoms with Crippen molar-refractivity contribution in [2.45, 2.75) is 33.7 Å². The molecule has 1 unspecified atom stereocenters. The molecule has 0 fully saturated rings. The lowest BCUT2D eigenvalue weighted by molar-refractivity contribution is -0.131. The maximum Gasteiger partial charge on any atom is 0.244 e. The lowest BCUT2D eigenvalue weighted by Crippen LogP contribution is -2.41. The van der Waals surface area contributed by atoms with Crippen molar-refractivity contribution in [1.29, 1.82) is 0 Å². The van der Waals surface area contributed by atoms with E-state index < -0.39 is 0 Å². The molecule has 0 aliphatic carbocycles. The van der Waals surface area contributed by atoms with Gasteiger partial charge >= 0.3 is 0 Å². The van der Waals surface area contributed by atoms with Crippen LogP contribution < -0.4 is 5.32 Å². The summed E-state index contributed by atoms with van der Waals surface area (Å²) in [6, 6.07) is 5.39. The van der Waals surface area contributed by atoms with Crippen molar-refractivity contribution < 1.29 is 4.79 Å². The number of anilines is 1. The van der Waals surface area contributed by atoms with Crippen LogP contribution in [0.4, 0.5) is 5.69 Å². The topological polar surface area (TPSA) is 32.3 Å². The molecule has 0 aliphatic heterocycles. The molecule has 3 nitrogen and oxygen atoms in total. The van der Waals surface area contributed by atoms with Gasteiger partial charge in [0, 0.05) is 23.8 Å². The van der Waals surface area contributed by atoms with Gasteiger partial charge in [0.25, 0.3) is 0 Å². The quantitative estimate of drug-likeness (QED) is 0.889. The predicted molar refractivity (Wildman–Crippen MR) is 77.2 cm³/mol. The zero-order chi connectivity index (χ0) is 13.7. The van der Waals surface area contributed by atoms with Crippen LogP contribution in [0.5, 0.6) is 0 Å². The Morgan fingerprint density at radius 1 is 1.39 bits per heavy atom. The van der Waals surface area contributed by atoms with Crippen molar-refractivity contribution in [2.24, 2.45) is 0 Å². The predicted octanol–water partition coefficient (Wildman–Crippen LogP) is 3.32. The van der Waals surface area contributed by atoms with Gasteiger partial charge in [0.15, 0.2) is 0 Å². The SMILES string of the molecule is CCN(CC)C(=O)C(C)Nc1ccc(Cl)cc1C. The number of nitrogens with one attached hydrogen (secondary N) is 1. The summed E-state index contributed by atoms with van der Waals surface area (Å²) in [6.45, 7) is 9.31. The van der Waals surface area contributed by atoms with Crippen LogP contribution in [0.2, 0.25) is 5.02 Å². The summed E-state index contributed by atoms with van der Waals surface area (Å²) in [5, 5.41) is 3.95. The van der Waals surface area contributed by atoms with Crippen molar-refractivity contribution in [3.8, 4) is 0 Å². The zero-order valence-corrected chi connectivity index (χ0v) is 12.2. The van der Waals surface area contributed by atoms with Crippen LogP contribution in [0.1, 0.15) is 26.3 Å². The highest BCUT2D eigenvalue weighted by molar-refractivity contribution is 6.30. The number of benzene rings is 1. The van der Waals surface area contributed by atoms with E-state index in [1.54, 1.807) is 0 Å². The average molecular weight is 269 g/mol. The summed E-state index contributed by atoms with van der Waals surface area (Å²) < 4.78 is 0. The maximum absolute atomic E-state index is 12.1. The monoisotopic (exact) mass is 268 g/mol. The molecule has 18 heavy (non-hydrogen) atoms. The minimum Gasteiger partial charge on any atom is -0.374 e. The van der Waals surface area contributed by atoms with Gasteiger partial charge in [0.1, 0.15) is 6.04 Å². The van der Waals surface area contributed by atoms with E-state index in [0.29, 0.717) is 5.02 Å². The van der Waals surface area contributed by atoms with E-state index in [0.717, 1.165) is 24.3 Å². The Labute approximate surface area is 114 Å². The van der Waals surface area contributed by atoms with Gasteiger partial charge in [0.2, 0.25) is 5.91 Å². The van der Waals surface area contributed by atoms with Crippen LogP contribution in [0.15, 0.2) is 18.2 Å². The van der Waals surface area contributed by atoms with Gasteiger partial charge in [-0.1, -0.05) is 11.6 Å². The second kappa shape index (κ2) is 6.64. The van der Waals surface area contributed by atoms with Gasteiger partial charge in [0.05, 0.1) is 0 Å². The largest absolute Gasteiger partial charge is 0.374 e. The summed E-state index contributed by atoms with van der Waals surface area (Å²) in [5.41, 5.74) is 1.99. The van der Waals surface area contributed by atoms with Gasteiger partial charge in [-0.15, -0.1) is 0 Å². The molecule has 1 N–H and O–H groups in total. The minimum atomic E-state index is -0.232. The van der Waals surface area contributed by atoms with Crippen LogP contribution in [-0.4, -0.2) is 29.9 Å². The van der Waals surface area contributed by atoms with Gasteiger partial charge in [-0.3, -0.25) is 4.79 Å². The Bertz CT molecular complexity index is 416. The smallest absolute Gasteiger partial charge is 0.244 e. The molecule has 0 saturated heterocycles. The fourth-order valence-electron chi connectivity index (χ4n) is 1.89. The number of hydrogen-bond donors (Lipinski definition) is 1. The molecule has 0 heterocycles. The minimum absolute atomic E-state index is 0.120. The number of halogens is 1. The van der Waals surface area contributed by atoms with Crippen LogP contribution in [0.25, 0.3) is 0 Å². The van der Waals surface area contributed by atoms with Crippen LogP contribution in [0.3, 0.4) is 0 Å². The van der Waals surface area contributed by atoms with E-state index in [4.69, 9.17) is 11.6 Å². The van der Waals surface area contributed by atoms with Gasteiger partial charge in [-0.2, -0.15) is 0 Å². The molecule has 0 radical (unpaired) electrons. The third-order valence-corrected chi connectivity index (χ3v) is 3.24. The number of amides is 1. The maximum atomic E-state index is 12.1. The highest BCUT2D eigenvalue weighted by atomic mass is 35.5. The Kier molecular flexibility index (Phi) is 5.48. The number of rotatable bonds is 5.